The van der Waals surface area contributed by atoms with Crippen LogP contribution >= 0.6 is 0 Å². The first-order chi connectivity index (χ1) is 16.3. The van der Waals surface area contributed by atoms with Crippen molar-refractivity contribution in [2.24, 2.45) is 0 Å². The quantitative estimate of drug-likeness (QED) is 0.309. The van der Waals surface area contributed by atoms with Crippen molar-refractivity contribution in [1.29, 1.82) is 0 Å². The molecule has 1 aromatic heterocycles. The molecule has 0 aliphatic heterocycles. The molecule has 1 amide bonds. The van der Waals surface area contributed by atoms with Crippen molar-refractivity contribution >= 4 is 11.7 Å². The van der Waals surface area contributed by atoms with Gasteiger partial charge in [-0.25, -0.2) is 4.39 Å². The average Bonchev–Trinajstić information content (AvgIpc) is 3.09. The van der Waals surface area contributed by atoms with Crippen molar-refractivity contribution in [2.75, 3.05) is 18.9 Å². The van der Waals surface area contributed by atoms with Crippen molar-refractivity contribution < 1.29 is 42.0 Å². The summed E-state index contributed by atoms with van der Waals surface area (Å²) >= 11 is 0. The molecule has 35 heavy (non-hydrogen) atoms. The van der Waals surface area contributed by atoms with Crippen molar-refractivity contribution in [3.8, 4) is 6.01 Å². The lowest BCUT2D eigenvalue weighted by Crippen LogP contribution is -2.41. The summed E-state index contributed by atoms with van der Waals surface area (Å²) in [6, 6.07) is 5.26. The molecule has 0 unspecified atom stereocenters. The fourth-order valence-corrected chi connectivity index (χ4v) is 3.22. The Morgan fingerprint density at radius 3 is 2.51 bits per heavy atom. The number of carbonyl (C=O) groups is 1. The first kappa shape index (κ1) is 26.0. The van der Waals surface area contributed by atoms with Crippen molar-refractivity contribution in [3.05, 3.63) is 65.0 Å². The van der Waals surface area contributed by atoms with Crippen molar-refractivity contribution in [3.63, 3.8) is 0 Å². The second kappa shape index (κ2) is 10.4. The van der Waals surface area contributed by atoms with E-state index in [4.69, 9.17) is 4.74 Å². The third-order valence-electron chi connectivity index (χ3n) is 4.72. The molecule has 13 heteroatoms. The molecule has 1 aliphatic carbocycles. The number of alkyl halides is 3. The molecule has 0 atom stereocenters. The Kier molecular flexibility index (Phi) is 7.70. The van der Waals surface area contributed by atoms with Crippen LogP contribution in [0.25, 0.3) is 0 Å². The van der Waals surface area contributed by atoms with Gasteiger partial charge in [-0.2, -0.15) is 4.98 Å². The number of nitrogens with one attached hydrogen (secondary N) is 2. The Morgan fingerprint density at radius 1 is 1.23 bits per heavy atom. The Balaban J connectivity index is 1.98. The summed E-state index contributed by atoms with van der Waals surface area (Å²) in [6.45, 7) is 0.559. The van der Waals surface area contributed by atoms with Gasteiger partial charge < -0.3 is 30.3 Å². The Bertz CT molecular complexity index is 1120. The zero-order valence-electron chi connectivity index (χ0n) is 18.8. The number of rotatable bonds is 9. The molecule has 0 saturated carbocycles. The van der Waals surface area contributed by atoms with Gasteiger partial charge in [-0.1, -0.05) is 12.1 Å². The number of nitrogens with zero attached hydrogens (tertiary/aromatic N) is 2. The highest BCUT2D eigenvalue weighted by Gasteiger charge is 2.33. The van der Waals surface area contributed by atoms with E-state index in [0.717, 1.165) is 13.0 Å². The van der Waals surface area contributed by atoms with Gasteiger partial charge in [0.1, 0.15) is 17.3 Å². The van der Waals surface area contributed by atoms with Crippen molar-refractivity contribution in [2.45, 2.75) is 38.5 Å². The second-order valence-electron chi connectivity index (χ2n) is 7.86. The summed E-state index contributed by atoms with van der Waals surface area (Å²) in [4.78, 5) is 17.2. The minimum atomic E-state index is -4.85. The van der Waals surface area contributed by atoms with E-state index < -0.39 is 30.4 Å². The molecule has 1 heterocycles. The summed E-state index contributed by atoms with van der Waals surface area (Å²) in [5, 5.41) is 24.2. The summed E-state index contributed by atoms with van der Waals surface area (Å²) in [7, 11) is 1.49. The molecule has 9 nitrogen and oxygen atoms in total. The van der Waals surface area contributed by atoms with E-state index >= 15 is 0 Å². The number of anilines is 1. The minimum absolute atomic E-state index is 0.0207. The smallest absolute Gasteiger partial charge is 0.426 e. The number of ether oxygens (including phenoxy) is 2. The maximum atomic E-state index is 13.4. The lowest BCUT2D eigenvalue weighted by Gasteiger charge is -2.18. The van der Waals surface area contributed by atoms with Gasteiger partial charge in [0.2, 0.25) is 0 Å². The summed E-state index contributed by atoms with van der Waals surface area (Å²) < 4.78 is 62.3. The molecular weight excluding hydrogens is 476 g/mol. The first-order valence-electron chi connectivity index (χ1n) is 10.4. The summed E-state index contributed by atoms with van der Waals surface area (Å²) in [5.41, 5.74) is 0.511. The monoisotopic (exact) mass is 500 g/mol. The maximum Gasteiger partial charge on any atom is 0.572 e. The number of hydrogen-bond acceptors (Lipinski definition) is 7. The van der Waals surface area contributed by atoms with E-state index in [0.29, 0.717) is 5.56 Å². The molecule has 2 aromatic rings. The SMILES string of the molecule is CNc1nc(OC2=CCCC(OC(F)(F)F)=C2)n(Cc2ccc(F)cc2)c1C(=O)NCC(C)(O)O. The highest BCUT2D eigenvalue weighted by molar-refractivity contribution is 5.97. The van der Waals surface area contributed by atoms with Gasteiger partial charge in [-0.05, 0) is 37.1 Å². The number of aromatic nitrogens is 2. The van der Waals surface area contributed by atoms with Crippen LogP contribution in [0.1, 0.15) is 35.8 Å². The van der Waals surface area contributed by atoms with Gasteiger partial charge in [-0.15, -0.1) is 13.2 Å². The van der Waals surface area contributed by atoms with E-state index in [1.54, 1.807) is 6.08 Å². The largest absolute Gasteiger partial charge is 0.572 e. The number of aliphatic hydroxyl groups is 2. The van der Waals surface area contributed by atoms with E-state index in [2.05, 4.69) is 20.4 Å². The van der Waals surface area contributed by atoms with E-state index in [9.17, 15) is 32.6 Å². The van der Waals surface area contributed by atoms with Gasteiger partial charge in [0, 0.05) is 19.5 Å². The van der Waals surface area contributed by atoms with E-state index in [-0.39, 0.29) is 48.4 Å². The number of halogens is 4. The Hall–Kier alpha value is -3.58. The number of carbonyl (C=O) groups excluding carboxylic acids is 1. The van der Waals surface area contributed by atoms with E-state index in [1.807, 2.05) is 0 Å². The topological polar surface area (TPSA) is 118 Å². The molecular formula is C22H24F4N4O5. The van der Waals surface area contributed by atoms with Crippen LogP contribution in [0.15, 0.2) is 47.9 Å². The van der Waals surface area contributed by atoms with Crippen LogP contribution in [-0.4, -0.2) is 51.4 Å². The molecule has 190 valence electrons. The van der Waals surface area contributed by atoms with Crippen LogP contribution in [0.2, 0.25) is 0 Å². The fourth-order valence-electron chi connectivity index (χ4n) is 3.22. The molecule has 0 spiro atoms. The third kappa shape index (κ3) is 7.45. The van der Waals surface area contributed by atoms with Crippen LogP contribution in [0.3, 0.4) is 0 Å². The van der Waals surface area contributed by atoms with Crippen LogP contribution in [0.4, 0.5) is 23.4 Å². The minimum Gasteiger partial charge on any atom is -0.426 e. The summed E-state index contributed by atoms with van der Waals surface area (Å²) in [6.07, 6.45) is -1.99. The lowest BCUT2D eigenvalue weighted by atomic mass is 10.1. The van der Waals surface area contributed by atoms with Crippen LogP contribution in [-0.2, 0) is 11.3 Å². The molecule has 1 aromatic carbocycles. The van der Waals surface area contributed by atoms with Gasteiger partial charge in [0.25, 0.3) is 5.91 Å². The molecule has 3 rings (SSSR count). The standard InChI is InChI=1S/C22H24F4N4O5/c1-21(32,33)12-28-19(31)17-18(27-2)29-20(30(17)11-13-6-8-14(23)9-7-13)34-15-4-3-5-16(10-15)35-22(24,25)26/h4,6-10,27,32-33H,3,5,11-12H2,1-2H3,(H,28,31). The van der Waals surface area contributed by atoms with Crippen LogP contribution in [0.5, 0.6) is 6.01 Å². The van der Waals surface area contributed by atoms with Crippen LogP contribution < -0.4 is 15.4 Å². The summed E-state index contributed by atoms with van der Waals surface area (Å²) in [5.74, 6) is -3.64. The number of hydrogen-bond donors (Lipinski definition) is 4. The maximum absolute atomic E-state index is 13.4. The predicted molar refractivity (Wildman–Crippen MR) is 116 cm³/mol. The molecule has 1 aliphatic rings. The van der Waals surface area contributed by atoms with Crippen LogP contribution in [0, 0.1) is 5.82 Å². The number of benzene rings is 1. The Labute approximate surface area is 197 Å². The van der Waals surface area contributed by atoms with Gasteiger partial charge in [0.15, 0.2) is 17.3 Å². The molecule has 0 saturated heterocycles. The normalized spacial score (nSPS) is 14.2. The predicted octanol–water partition coefficient (Wildman–Crippen LogP) is 3.02. The number of imidazole rings is 1. The molecule has 0 radical (unpaired) electrons. The first-order valence-corrected chi connectivity index (χ1v) is 10.4. The third-order valence-corrected chi connectivity index (χ3v) is 4.72. The highest BCUT2D eigenvalue weighted by atomic mass is 19.4. The van der Waals surface area contributed by atoms with Gasteiger partial charge in [0.05, 0.1) is 13.1 Å². The second-order valence-corrected chi connectivity index (χ2v) is 7.86. The zero-order valence-corrected chi connectivity index (χ0v) is 18.8. The number of amides is 1. The van der Waals surface area contributed by atoms with Crippen molar-refractivity contribution in [1.82, 2.24) is 14.9 Å². The average molecular weight is 500 g/mol. The zero-order chi connectivity index (χ0) is 25.8. The fraction of sp³-hybridized carbons (Fsp3) is 0.364. The molecule has 4 N–H and O–H groups in total. The Morgan fingerprint density at radius 2 is 1.91 bits per heavy atom. The van der Waals surface area contributed by atoms with E-state index in [1.165, 1.54) is 35.9 Å². The lowest BCUT2D eigenvalue weighted by molar-refractivity contribution is -0.306. The number of allylic oxidation sites excluding steroid dienone is 3. The molecule has 0 bridgehead atoms. The van der Waals surface area contributed by atoms with Gasteiger partial charge in [-0.3, -0.25) is 9.36 Å². The highest BCUT2D eigenvalue weighted by Crippen LogP contribution is 2.30. The van der Waals surface area contributed by atoms with Gasteiger partial charge >= 0.3 is 12.4 Å². The molecule has 0 fully saturated rings.